The van der Waals surface area contributed by atoms with Gasteiger partial charge in [-0.15, -0.1) is 0 Å². The van der Waals surface area contributed by atoms with E-state index in [-0.39, 0.29) is 17.7 Å². The monoisotopic (exact) mass is 390 g/mol. The number of rotatable bonds is 6. The summed E-state index contributed by atoms with van der Waals surface area (Å²) in [6, 6.07) is 13.8. The molecule has 6 nitrogen and oxygen atoms in total. The number of fused-ring (bicyclic) bond motifs is 1. The minimum atomic E-state index is -0.149. The summed E-state index contributed by atoms with van der Waals surface area (Å²) in [6.07, 6.45) is 6.55. The lowest BCUT2D eigenvalue weighted by Gasteiger charge is -2.32. The van der Waals surface area contributed by atoms with Crippen molar-refractivity contribution in [2.75, 3.05) is 13.1 Å². The van der Waals surface area contributed by atoms with E-state index in [0.29, 0.717) is 25.9 Å². The summed E-state index contributed by atoms with van der Waals surface area (Å²) in [5.41, 5.74) is 3.09. The van der Waals surface area contributed by atoms with Crippen LogP contribution in [0.3, 0.4) is 0 Å². The molecule has 29 heavy (non-hydrogen) atoms. The van der Waals surface area contributed by atoms with Crippen LogP contribution in [0.1, 0.15) is 30.5 Å². The van der Waals surface area contributed by atoms with Gasteiger partial charge < -0.3 is 15.2 Å². The molecule has 1 aromatic carbocycles. The summed E-state index contributed by atoms with van der Waals surface area (Å²) in [7, 11) is 0. The second kappa shape index (κ2) is 8.90. The van der Waals surface area contributed by atoms with Gasteiger partial charge in [-0.3, -0.25) is 14.6 Å². The van der Waals surface area contributed by atoms with Crippen LogP contribution in [0.25, 0.3) is 10.9 Å². The largest absolute Gasteiger partial charge is 0.361 e. The van der Waals surface area contributed by atoms with Crippen LogP contribution in [0.5, 0.6) is 0 Å². The standard InChI is InChI=1S/C23H26N4O2/c28-22(11-10-17-14-25-21-9-2-1-8-20(17)21)27-13-5-6-18(16-27)23(29)26-15-19-7-3-4-12-24-19/h1-4,7-9,12,14,18,25H,5-6,10-11,13,15-16H2,(H,26,29)/t18-/m0/s1. The Morgan fingerprint density at radius 2 is 2.03 bits per heavy atom. The van der Waals surface area contributed by atoms with Crippen molar-refractivity contribution in [3.8, 4) is 0 Å². The molecule has 1 saturated heterocycles. The van der Waals surface area contributed by atoms with Gasteiger partial charge in [0.25, 0.3) is 0 Å². The highest BCUT2D eigenvalue weighted by Gasteiger charge is 2.28. The number of piperidine rings is 1. The Hall–Kier alpha value is -3.15. The molecule has 4 rings (SSSR count). The lowest BCUT2D eigenvalue weighted by Crippen LogP contribution is -2.45. The van der Waals surface area contributed by atoms with Crippen molar-refractivity contribution in [3.63, 3.8) is 0 Å². The maximum absolute atomic E-state index is 12.8. The molecule has 1 fully saturated rings. The van der Waals surface area contributed by atoms with Gasteiger partial charge in [-0.1, -0.05) is 24.3 Å². The van der Waals surface area contributed by atoms with E-state index >= 15 is 0 Å². The summed E-state index contributed by atoms with van der Waals surface area (Å²) >= 11 is 0. The van der Waals surface area contributed by atoms with Crippen LogP contribution in [0, 0.1) is 5.92 Å². The minimum Gasteiger partial charge on any atom is -0.361 e. The van der Waals surface area contributed by atoms with E-state index in [0.717, 1.165) is 36.2 Å². The number of nitrogens with zero attached hydrogens (tertiary/aromatic N) is 2. The number of nitrogens with one attached hydrogen (secondary N) is 2. The van der Waals surface area contributed by atoms with E-state index in [1.165, 1.54) is 5.39 Å². The first-order valence-electron chi connectivity index (χ1n) is 10.2. The number of aromatic amines is 1. The smallest absolute Gasteiger partial charge is 0.225 e. The number of benzene rings is 1. The third kappa shape index (κ3) is 4.65. The number of carbonyl (C=O) groups is 2. The molecule has 6 heteroatoms. The second-order valence-corrected chi connectivity index (χ2v) is 7.58. The molecule has 0 unspecified atom stereocenters. The Kier molecular flexibility index (Phi) is 5.89. The molecule has 0 radical (unpaired) electrons. The lowest BCUT2D eigenvalue weighted by molar-refractivity contribution is -0.135. The van der Waals surface area contributed by atoms with Crippen molar-refractivity contribution in [2.45, 2.75) is 32.2 Å². The van der Waals surface area contributed by atoms with Crippen molar-refractivity contribution in [3.05, 3.63) is 66.1 Å². The summed E-state index contributed by atoms with van der Waals surface area (Å²) in [4.78, 5) is 34.6. The zero-order valence-corrected chi connectivity index (χ0v) is 16.4. The molecule has 0 saturated carbocycles. The minimum absolute atomic E-state index is 0.00443. The van der Waals surface area contributed by atoms with Crippen LogP contribution in [-0.4, -0.2) is 39.8 Å². The molecule has 0 bridgehead atoms. The Morgan fingerprint density at radius 1 is 1.17 bits per heavy atom. The van der Waals surface area contributed by atoms with E-state index < -0.39 is 0 Å². The molecule has 0 spiro atoms. The molecule has 1 atom stereocenters. The van der Waals surface area contributed by atoms with E-state index in [1.807, 2.05) is 47.5 Å². The fraction of sp³-hybridized carbons (Fsp3) is 0.348. The van der Waals surface area contributed by atoms with Gasteiger partial charge in [0.1, 0.15) is 0 Å². The number of aromatic nitrogens is 2. The predicted octanol–water partition coefficient (Wildman–Crippen LogP) is 3.05. The van der Waals surface area contributed by atoms with Gasteiger partial charge >= 0.3 is 0 Å². The Bertz CT molecular complexity index is 983. The van der Waals surface area contributed by atoms with Gasteiger partial charge in [-0.25, -0.2) is 0 Å². The Morgan fingerprint density at radius 3 is 2.90 bits per heavy atom. The topological polar surface area (TPSA) is 78.1 Å². The van der Waals surface area contributed by atoms with Crippen LogP contribution >= 0.6 is 0 Å². The molecule has 2 aromatic heterocycles. The van der Waals surface area contributed by atoms with Gasteiger partial charge in [0.2, 0.25) is 11.8 Å². The number of aryl methyl sites for hydroxylation is 1. The maximum Gasteiger partial charge on any atom is 0.225 e. The molecule has 150 valence electrons. The summed E-state index contributed by atoms with van der Waals surface area (Å²) < 4.78 is 0. The molecule has 0 aliphatic carbocycles. The molecule has 2 N–H and O–H groups in total. The second-order valence-electron chi connectivity index (χ2n) is 7.58. The fourth-order valence-corrected chi connectivity index (χ4v) is 3.98. The quantitative estimate of drug-likeness (QED) is 0.679. The summed E-state index contributed by atoms with van der Waals surface area (Å²) in [6.45, 7) is 1.65. The van der Waals surface area contributed by atoms with Crippen LogP contribution in [0.4, 0.5) is 0 Å². The van der Waals surface area contributed by atoms with Crippen molar-refractivity contribution >= 4 is 22.7 Å². The predicted molar refractivity (Wildman–Crippen MR) is 112 cm³/mol. The Balaban J connectivity index is 1.29. The fourth-order valence-electron chi connectivity index (χ4n) is 3.98. The highest BCUT2D eigenvalue weighted by atomic mass is 16.2. The summed E-state index contributed by atoms with van der Waals surface area (Å²) in [5, 5.41) is 4.13. The first-order valence-corrected chi connectivity index (χ1v) is 10.2. The third-order valence-corrected chi connectivity index (χ3v) is 5.60. The number of para-hydroxylation sites is 1. The van der Waals surface area contributed by atoms with Crippen molar-refractivity contribution < 1.29 is 9.59 Å². The Labute approximate surface area is 170 Å². The van der Waals surface area contributed by atoms with Crippen LogP contribution in [0.15, 0.2) is 54.9 Å². The number of pyridine rings is 1. The molecular weight excluding hydrogens is 364 g/mol. The highest BCUT2D eigenvalue weighted by Crippen LogP contribution is 2.21. The van der Waals surface area contributed by atoms with Crippen molar-refractivity contribution in [2.24, 2.45) is 5.92 Å². The number of amides is 2. The average Bonchev–Trinajstić information content (AvgIpc) is 3.20. The van der Waals surface area contributed by atoms with E-state index in [2.05, 4.69) is 21.4 Å². The number of carbonyl (C=O) groups excluding carboxylic acids is 2. The average molecular weight is 390 g/mol. The highest BCUT2D eigenvalue weighted by molar-refractivity contribution is 5.84. The zero-order chi connectivity index (χ0) is 20.1. The van der Waals surface area contributed by atoms with Gasteiger partial charge in [0.15, 0.2) is 0 Å². The molecule has 3 aromatic rings. The molecule has 1 aliphatic rings. The molecule has 2 amide bonds. The normalized spacial score (nSPS) is 16.7. The van der Waals surface area contributed by atoms with Gasteiger partial charge in [0.05, 0.1) is 18.2 Å². The maximum atomic E-state index is 12.8. The molecular formula is C23H26N4O2. The number of hydrogen-bond donors (Lipinski definition) is 2. The van der Waals surface area contributed by atoms with Gasteiger partial charge in [-0.2, -0.15) is 0 Å². The first-order chi connectivity index (χ1) is 14.2. The lowest BCUT2D eigenvalue weighted by atomic mass is 9.96. The SMILES string of the molecule is O=C(NCc1ccccn1)[C@H]1CCCN(C(=O)CCc2c[nH]c3ccccc23)C1. The zero-order valence-electron chi connectivity index (χ0n) is 16.4. The molecule has 3 heterocycles. The van der Waals surface area contributed by atoms with E-state index in [4.69, 9.17) is 0 Å². The van der Waals surface area contributed by atoms with E-state index in [1.54, 1.807) is 6.20 Å². The van der Waals surface area contributed by atoms with Crippen LogP contribution < -0.4 is 5.32 Å². The number of hydrogen-bond acceptors (Lipinski definition) is 3. The van der Waals surface area contributed by atoms with Crippen molar-refractivity contribution in [1.29, 1.82) is 0 Å². The number of H-pyrrole nitrogens is 1. The number of likely N-dealkylation sites (tertiary alicyclic amines) is 1. The summed E-state index contributed by atoms with van der Waals surface area (Å²) in [5.74, 6) is -0.0215. The molecule has 1 aliphatic heterocycles. The first kappa shape index (κ1) is 19.2. The van der Waals surface area contributed by atoms with Gasteiger partial charge in [-0.05, 0) is 43.0 Å². The van der Waals surface area contributed by atoms with E-state index in [9.17, 15) is 9.59 Å². The van der Waals surface area contributed by atoms with Crippen molar-refractivity contribution in [1.82, 2.24) is 20.2 Å². The van der Waals surface area contributed by atoms with Crippen LogP contribution in [0.2, 0.25) is 0 Å². The third-order valence-electron chi connectivity index (χ3n) is 5.60. The van der Waals surface area contributed by atoms with Gasteiger partial charge in [0, 0.05) is 42.8 Å². The van der Waals surface area contributed by atoms with Crippen LogP contribution in [-0.2, 0) is 22.6 Å².